The molecule has 1 aliphatic rings. The Balaban J connectivity index is 1.77. The van der Waals surface area contributed by atoms with E-state index in [0.29, 0.717) is 21.5 Å². The van der Waals surface area contributed by atoms with Crippen LogP contribution in [0.1, 0.15) is 11.1 Å². The van der Waals surface area contributed by atoms with Crippen LogP contribution in [0.25, 0.3) is 6.08 Å². The van der Waals surface area contributed by atoms with Gasteiger partial charge in [-0.25, -0.2) is 0 Å². The lowest BCUT2D eigenvalue weighted by atomic mass is 10.2. The molecule has 1 N–H and O–H groups in total. The van der Waals surface area contributed by atoms with Crippen LogP contribution in [0.5, 0.6) is 5.75 Å². The molecule has 1 saturated heterocycles. The lowest BCUT2D eigenvalue weighted by Crippen LogP contribution is -2.36. The second kappa shape index (κ2) is 9.15. The number of anilines is 1. The Kier molecular flexibility index (Phi) is 6.81. The van der Waals surface area contributed by atoms with E-state index in [0.717, 1.165) is 26.7 Å². The van der Waals surface area contributed by atoms with Crippen molar-refractivity contribution in [1.82, 2.24) is 4.90 Å². The van der Waals surface area contributed by atoms with Gasteiger partial charge in [-0.05, 0) is 65.0 Å². The molecule has 2 aromatic carbocycles. The number of halogens is 2. The van der Waals surface area contributed by atoms with Crippen molar-refractivity contribution in [3.63, 3.8) is 0 Å². The number of hydrogen-bond acceptors (Lipinski definition) is 5. The van der Waals surface area contributed by atoms with Gasteiger partial charge in [-0.3, -0.25) is 19.3 Å². The molecule has 1 heterocycles. The van der Waals surface area contributed by atoms with Crippen molar-refractivity contribution in [3.05, 3.63) is 61.4 Å². The third-order valence-corrected chi connectivity index (χ3v) is 5.99. The minimum absolute atomic E-state index is 0.224. The number of amides is 3. The van der Waals surface area contributed by atoms with Crippen molar-refractivity contribution in [1.29, 1.82) is 0 Å². The van der Waals surface area contributed by atoms with Crippen molar-refractivity contribution < 1.29 is 19.1 Å². The van der Waals surface area contributed by atoms with Gasteiger partial charge in [-0.1, -0.05) is 33.6 Å². The second-order valence-electron chi connectivity index (χ2n) is 6.19. The Morgan fingerprint density at radius 2 is 1.90 bits per heavy atom. The van der Waals surface area contributed by atoms with Crippen LogP contribution in [0.2, 0.25) is 0 Å². The third-order valence-electron chi connectivity index (χ3n) is 4.04. The molecule has 0 radical (unpaired) electrons. The highest BCUT2D eigenvalue weighted by molar-refractivity contribution is 9.11. The highest BCUT2D eigenvalue weighted by Gasteiger charge is 2.36. The van der Waals surface area contributed by atoms with Crippen LogP contribution in [-0.4, -0.2) is 35.6 Å². The van der Waals surface area contributed by atoms with E-state index in [4.69, 9.17) is 4.74 Å². The summed E-state index contributed by atoms with van der Waals surface area (Å²) in [5.41, 5.74) is 2.30. The van der Waals surface area contributed by atoms with Gasteiger partial charge in [0.15, 0.2) is 0 Å². The molecule has 0 saturated carbocycles. The third kappa shape index (κ3) is 5.09. The normalized spacial score (nSPS) is 15.2. The van der Waals surface area contributed by atoms with Crippen molar-refractivity contribution in [2.75, 3.05) is 19.0 Å². The van der Waals surface area contributed by atoms with E-state index in [-0.39, 0.29) is 11.4 Å². The maximum absolute atomic E-state index is 12.7. The van der Waals surface area contributed by atoms with Crippen molar-refractivity contribution in [2.24, 2.45) is 0 Å². The van der Waals surface area contributed by atoms with E-state index in [1.165, 1.54) is 7.11 Å². The number of hydrogen-bond donors (Lipinski definition) is 1. The predicted molar refractivity (Wildman–Crippen MR) is 121 cm³/mol. The number of thioether (sulfide) groups is 1. The first-order chi connectivity index (χ1) is 13.8. The number of carbonyl (C=O) groups excluding carboxylic acids is 3. The van der Waals surface area contributed by atoms with Crippen molar-refractivity contribution in [3.8, 4) is 5.75 Å². The van der Waals surface area contributed by atoms with E-state index in [1.54, 1.807) is 24.3 Å². The van der Waals surface area contributed by atoms with E-state index < -0.39 is 17.1 Å². The largest absolute Gasteiger partial charge is 0.495 e. The summed E-state index contributed by atoms with van der Waals surface area (Å²) in [7, 11) is 1.52. The molecule has 3 rings (SSSR count). The van der Waals surface area contributed by atoms with Gasteiger partial charge >= 0.3 is 0 Å². The number of nitrogens with one attached hydrogen (secondary N) is 1. The smallest absolute Gasteiger partial charge is 0.294 e. The van der Waals surface area contributed by atoms with E-state index in [9.17, 15) is 14.4 Å². The van der Waals surface area contributed by atoms with Crippen LogP contribution in [0, 0.1) is 6.92 Å². The molecule has 29 heavy (non-hydrogen) atoms. The average molecular weight is 540 g/mol. The molecule has 150 valence electrons. The number of aryl methyl sites for hydroxylation is 1. The summed E-state index contributed by atoms with van der Waals surface area (Å²) in [4.78, 5) is 38.4. The summed E-state index contributed by atoms with van der Waals surface area (Å²) in [6.45, 7) is 1.59. The quantitative estimate of drug-likeness (QED) is 0.528. The summed E-state index contributed by atoms with van der Waals surface area (Å²) in [5, 5.41) is 2.20. The lowest BCUT2D eigenvalue weighted by molar-refractivity contribution is -0.127. The molecular weight excluding hydrogens is 524 g/mol. The molecule has 2 aromatic rings. The van der Waals surface area contributed by atoms with Gasteiger partial charge in [0.1, 0.15) is 12.3 Å². The van der Waals surface area contributed by atoms with Crippen LogP contribution in [-0.2, 0) is 9.59 Å². The van der Waals surface area contributed by atoms with Crippen molar-refractivity contribution >= 4 is 72.4 Å². The highest BCUT2D eigenvalue weighted by Crippen LogP contribution is 2.38. The van der Waals surface area contributed by atoms with Gasteiger partial charge in [0.25, 0.3) is 11.1 Å². The molecule has 1 aliphatic heterocycles. The first kappa shape index (κ1) is 21.6. The zero-order valence-corrected chi connectivity index (χ0v) is 19.5. The summed E-state index contributed by atoms with van der Waals surface area (Å²) in [5.74, 6) is -0.422. The predicted octanol–water partition coefficient (Wildman–Crippen LogP) is 5.20. The first-order valence-electron chi connectivity index (χ1n) is 8.43. The Morgan fingerprint density at radius 1 is 1.21 bits per heavy atom. The molecule has 0 atom stereocenters. The Bertz CT molecular complexity index is 1020. The SMILES string of the molecule is COc1c(Br)cc(Br)cc1/C=C1/SC(=O)N(CC(=O)Nc2ccc(C)cc2)C1=O. The standard InChI is InChI=1S/C20H16Br2N2O4S/c1-11-3-5-14(6-4-11)23-17(25)10-24-19(26)16(29-20(24)27)8-12-7-13(21)9-15(22)18(12)28-2/h3-9H,10H2,1-2H3,(H,23,25)/b16-8+. The fourth-order valence-electron chi connectivity index (χ4n) is 2.66. The summed E-state index contributed by atoms with van der Waals surface area (Å²) in [6.07, 6.45) is 1.58. The second-order valence-corrected chi connectivity index (χ2v) is 8.96. The fraction of sp³-hybridized carbons (Fsp3) is 0.150. The Hall–Kier alpha value is -2.10. The van der Waals surface area contributed by atoms with Gasteiger partial charge in [-0.15, -0.1) is 0 Å². The number of ether oxygens (including phenoxy) is 1. The fourth-order valence-corrected chi connectivity index (χ4v) is 4.91. The lowest BCUT2D eigenvalue weighted by Gasteiger charge is -2.12. The molecule has 0 unspecified atom stereocenters. The van der Waals surface area contributed by atoms with Crippen LogP contribution in [0.3, 0.4) is 0 Å². The van der Waals surface area contributed by atoms with Gasteiger partial charge in [0.05, 0.1) is 16.5 Å². The number of methoxy groups -OCH3 is 1. The van der Waals surface area contributed by atoms with Gasteiger partial charge in [-0.2, -0.15) is 0 Å². The van der Waals surface area contributed by atoms with Gasteiger partial charge in [0.2, 0.25) is 5.91 Å². The maximum Gasteiger partial charge on any atom is 0.294 e. The molecule has 3 amide bonds. The molecule has 0 aliphatic carbocycles. The molecule has 0 spiro atoms. The van der Waals surface area contributed by atoms with Gasteiger partial charge in [0, 0.05) is 15.7 Å². The van der Waals surface area contributed by atoms with Crippen LogP contribution in [0.15, 0.2) is 50.2 Å². The number of benzene rings is 2. The molecule has 1 fully saturated rings. The number of imide groups is 1. The monoisotopic (exact) mass is 538 g/mol. The van der Waals surface area contributed by atoms with Crippen LogP contribution >= 0.6 is 43.6 Å². The summed E-state index contributed by atoms with van der Waals surface area (Å²) in [6, 6.07) is 10.8. The molecule has 6 nitrogen and oxygen atoms in total. The average Bonchev–Trinajstić information content (AvgIpc) is 2.91. The van der Waals surface area contributed by atoms with Crippen LogP contribution < -0.4 is 10.1 Å². The zero-order valence-electron chi connectivity index (χ0n) is 15.5. The number of nitrogens with zero attached hydrogens (tertiary/aromatic N) is 1. The number of rotatable bonds is 5. The molecule has 9 heteroatoms. The van der Waals surface area contributed by atoms with E-state index >= 15 is 0 Å². The minimum atomic E-state index is -0.516. The topological polar surface area (TPSA) is 75.7 Å². The van der Waals surface area contributed by atoms with Gasteiger partial charge < -0.3 is 10.1 Å². The molecule has 0 bridgehead atoms. The summed E-state index contributed by atoms with van der Waals surface area (Å²) < 4.78 is 6.87. The maximum atomic E-state index is 12.7. The zero-order chi connectivity index (χ0) is 21.1. The van der Waals surface area contributed by atoms with Crippen LogP contribution in [0.4, 0.5) is 10.5 Å². The Morgan fingerprint density at radius 3 is 2.55 bits per heavy atom. The van der Waals surface area contributed by atoms with E-state index in [2.05, 4.69) is 37.2 Å². The Labute approximate surface area is 188 Å². The summed E-state index contributed by atoms with van der Waals surface area (Å²) >= 11 is 7.60. The number of carbonyl (C=O) groups is 3. The molecule has 0 aromatic heterocycles. The highest BCUT2D eigenvalue weighted by atomic mass is 79.9. The first-order valence-corrected chi connectivity index (χ1v) is 10.8. The minimum Gasteiger partial charge on any atom is -0.495 e. The van der Waals surface area contributed by atoms with E-state index in [1.807, 2.05) is 25.1 Å². The molecular formula is C20H16Br2N2O4S. The van der Waals surface area contributed by atoms with Crippen molar-refractivity contribution in [2.45, 2.75) is 6.92 Å².